The number of rotatable bonds is 7. The zero-order valence-corrected chi connectivity index (χ0v) is 16.2. The molecule has 0 spiro atoms. The van der Waals surface area contributed by atoms with Gasteiger partial charge in [0.05, 0.1) is 18.7 Å². The van der Waals surface area contributed by atoms with Crippen LogP contribution in [0.25, 0.3) is 5.76 Å². The van der Waals surface area contributed by atoms with Crippen molar-refractivity contribution in [2.75, 3.05) is 27.4 Å². The van der Waals surface area contributed by atoms with Gasteiger partial charge in [0.2, 0.25) is 0 Å². The van der Waals surface area contributed by atoms with Gasteiger partial charge in [-0.15, -0.1) is 0 Å². The molecule has 8 nitrogen and oxygen atoms in total. The highest BCUT2D eigenvalue weighted by atomic mass is 16.5. The summed E-state index contributed by atoms with van der Waals surface area (Å²) in [6.07, 6.45) is 3.50. The molecule has 1 saturated heterocycles. The zero-order valence-electron chi connectivity index (χ0n) is 16.2. The summed E-state index contributed by atoms with van der Waals surface area (Å²) in [7, 11) is 2.96. The Hall–Kier alpha value is -3.39. The molecule has 1 fully saturated rings. The monoisotopic (exact) mass is 398 g/mol. The number of aromatic nitrogens is 1. The van der Waals surface area contributed by atoms with Crippen LogP contribution in [0.5, 0.6) is 11.5 Å². The number of pyridine rings is 1. The predicted octanol–water partition coefficient (Wildman–Crippen LogP) is 2.25. The van der Waals surface area contributed by atoms with E-state index in [2.05, 4.69) is 4.98 Å². The number of ketones is 1. The molecule has 1 amide bonds. The van der Waals surface area contributed by atoms with Crippen LogP contribution in [-0.2, 0) is 14.3 Å². The molecular formula is C21H22N2O6. The Labute approximate surface area is 168 Å². The van der Waals surface area contributed by atoms with Crippen molar-refractivity contribution in [3.05, 3.63) is 59.4 Å². The van der Waals surface area contributed by atoms with Crippen molar-refractivity contribution >= 4 is 17.4 Å². The van der Waals surface area contributed by atoms with Crippen LogP contribution >= 0.6 is 0 Å². The second-order valence-corrected chi connectivity index (χ2v) is 6.51. The number of hydrogen-bond donors (Lipinski definition) is 2. The van der Waals surface area contributed by atoms with E-state index in [9.17, 15) is 19.8 Å². The lowest BCUT2D eigenvalue weighted by molar-refractivity contribution is -0.140. The second-order valence-electron chi connectivity index (χ2n) is 6.51. The van der Waals surface area contributed by atoms with Crippen LogP contribution in [-0.4, -0.2) is 59.2 Å². The van der Waals surface area contributed by atoms with E-state index >= 15 is 0 Å². The summed E-state index contributed by atoms with van der Waals surface area (Å²) in [6, 6.07) is 6.86. The average Bonchev–Trinajstić information content (AvgIpc) is 2.99. The molecule has 1 aliphatic rings. The van der Waals surface area contributed by atoms with Gasteiger partial charge >= 0.3 is 0 Å². The average molecular weight is 398 g/mol. The number of ether oxygens (including phenoxy) is 2. The van der Waals surface area contributed by atoms with Gasteiger partial charge < -0.3 is 24.6 Å². The van der Waals surface area contributed by atoms with Crippen molar-refractivity contribution in [1.82, 2.24) is 9.88 Å². The van der Waals surface area contributed by atoms with Crippen LogP contribution in [0.1, 0.15) is 23.6 Å². The lowest BCUT2D eigenvalue weighted by Crippen LogP contribution is -2.31. The number of carbonyl (C=O) groups is 2. The van der Waals surface area contributed by atoms with Gasteiger partial charge in [0.15, 0.2) is 11.5 Å². The fourth-order valence-electron chi connectivity index (χ4n) is 3.37. The number of aliphatic hydroxyl groups excluding tert-OH is 1. The van der Waals surface area contributed by atoms with Gasteiger partial charge in [-0.1, -0.05) is 6.07 Å². The molecule has 1 unspecified atom stereocenters. The SMILES string of the molecule is COCCCN1C(=O)C(=O)C(=C(O)c2ccncc2)C1c1ccc(O)c(OC)c1. The first-order chi connectivity index (χ1) is 14.0. The number of carbonyl (C=O) groups excluding carboxylic acids is 2. The minimum absolute atomic E-state index is 0.0219. The van der Waals surface area contributed by atoms with Crippen molar-refractivity contribution in [3.63, 3.8) is 0 Å². The minimum Gasteiger partial charge on any atom is -0.507 e. The molecule has 2 aromatic rings. The van der Waals surface area contributed by atoms with E-state index in [1.165, 1.54) is 30.5 Å². The fourth-order valence-corrected chi connectivity index (χ4v) is 3.37. The smallest absolute Gasteiger partial charge is 0.295 e. The number of likely N-dealkylation sites (tertiary alicyclic amines) is 1. The van der Waals surface area contributed by atoms with Crippen molar-refractivity contribution in [1.29, 1.82) is 0 Å². The second kappa shape index (κ2) is 8.74. The first-order valence-corrected chi connectivity index (χ1v) is 9.04. The number of benzene rings is 1. The Morgan fingerprint density at radius 2 is 1.90 bits per heavy atom. The minimum atomic E-state index is -0.825. The Balaban J connectivity index is 2.14. The van der Waals surface area contributed by atoms with Gasteiger partial charge in [0.1, 0.15) is 5.76 Å². The number of methoxy groups -OCH3 is 2. The van der Waals surface area contributed by atoms with Crippen LogP contribution in [0.3, 0.4) is 0 Å². The van der Waals surface area contributed by atoms with Gasteiger partial charge in [-0.05, 0) is 36.2 Å². The quantitative estimate of drug-likeness (QED) is 0.319. The fraction of sp³-hybridized carbons (Fsp3) is 0.286. The molecule has 29 heavy (non-hydrogen) atoms. The first-order valence-electron chi connectivity index (χ1n) is 9.04. The Morgan fingerprint density at radius 3 is 2.55 bits per heavy atom. The van der Waals surface area contributed by atoms with E-state index in [1.807, 2.05) is 0 Å². The highest BCUT2D eigenvalue weighted by Crippen LogP contribution is 2.41. The molecule has 0 radical (unpaired) electrons. The molecule has 1 aromatic carbocycles. The molecule has 2 N–H and O–H groups in total. The largest absolute Gasteiger partial charge is 0.507 e. The highest BCUT2D eigenvalue weighted by molar-refractivity contribution is 6.46. The first kappa shape index (κ1) is 20.3. The molecule has 152 valence electrons. The number of phenolic OH excluding ortho intramolecular Hbond substituents is 1. The normalized spacial score (nSPS) is 18.3. The van der Waals surface area contributed by atoms with Gasteiger partial charge in [-0.25, -0.2) is 0 Å². The third kappa shape index (κ3) is 3.93. The molecule has 0 saturated carbocycles. The van der Waals surface area contributed by atoms with E-state index in [4.69, 9.17) is 9.47 Å². The summed E-state index contributed by atoms with van der Waals surface area (Å²) < 4.78 is 10.2. The molecule has 1 aromatic heterocycles. The van der Waals surface area contributed by atoms with Crippen LogP contribution in [0.4, 0.5) is 0 Å². The summed E-state index contributed by atoms with van der Waals surface area (Å²) in [5.41, 5.74) is 0.892. The lowest BCUT2D eigenvalue weighted by atomic mass is 9.95. The number of aliphatic hydroxyl groups is 1. The summed E-state index contributed by atoms with van der Waals surface area (Å²) in [4.78, 5) is 30.9. The van der Waals surface area contributed by atoms with Crippen LogP contribution in [0.2, 0.25) is 0 Å². The molecule has 0 aliphatic carbocycles. The zero-order chi connectivity index (χ0) is 21.0. The standard InChI is InChI=1S/C21H22N2O6/c1-28-11-3-10-23-18(14-4-5-15(24)16(12-14)29-2)17(20(26)21(23)27)19(25)13-6-8-22-9-7-13/h4-9,12,18,24-25H,3,10-11H2,1-2H3. The lowest BCUT2D eigenvalue weighted by Gasteiger charge is -2.25. The van der Waals surface area contributed by atoms with E-state index in [0.717, 1.165) is 0 Å². The number of phenols is 1. The highest BCUT2D eigenvalue weighted by Gasteiger charge is 2.46. The van der Waals surface area contributed by atoms with Crippen LogP contribution < -0.4 is 4.74 Å². The maximum atomic E-state index is 12.8. The Bertz CT molecular complexity index is 941. The van der Waals surface area contributed by atoms with Crippen molar-refractivity contribution in [2.45, 2.75) is 12.5 Å². The summed E-state index contributed by atoms with van der Waals surface area (Å²) in [6.45, 7) is 0.679. The van der Waals surface area contributed by atoms with Crippen molar-refractivity contribution in [2.24, 2.45) is 0 Å². The molecule has 1 atom stereocenters. The van der Waals surface area contributed by atoms with E-state index in [-0.39, 0.29) is 29.4 Å². The summed E-state index contributed by atoms with van der Waals surface area (Å²) in [5.74, 6) is -1.62. The Kier molecular flexibility index (Phi) is 6.13. The van der Waals surface area contributed by atoms with Crippen molar-refractivity contribution < 1.29 is 29.3 Å². The van der Waals surface area contributed by atoms with Crippen LogP contribution in [0, 0.1) is 0 Å². The molecule has 2 heterocycles. The van der Waals surface area contributed by atoms with E-state index in [0.29, 0.717) is 24.2 Å². The predicted molar refractivity (Wildman–Crippen MR) is 104 cm³/mol. The third-order valence-electron chi connectivity index (χ3n) is 4.76. The van der Waals surface area contributed by atoms with Gasteiger partial charge in [0.25, 0.3) is 11.7 Å². The molecular weight excluding hydrogens is 376 g/mol. The summed E-state index contributed by atoms with van der Waals surface area (Å²) in [5, 5.41) is 20.8. The van der Waals surface area contributed by atoms with E-state index in [1.54, 1.807) is 31.4 Å². The number of nitrogens with zero attached hydrogens (tertiary/aromatic N) is 2. The van der Waals surface area contributed by atoms with Crippen LogP contribution in [0.15, 0.2) is 48.3 Å². The number of amides is 1. The Morgan fingerprint density at radius 1 is 1.17 bits per heavy atom. The summed E-state index contributed by atoms with van der Waals surface area (Å²) >= 11 is 0. The molecule has 3 rings (SSSR count). The topological polar surface area (TPSA) is 109 Å². The maximum absolute atomic E-state index is 12.8. The number of Topliss-reactive ketones (excluding diaryl/α,β-unsaturated/α-hetero) is 1. The molecule has 0 bridgehead atoms. The molecule has 1 aliphatic heterocycles. The number of aromatic hydroxyl groups is 1. The van der Waals surface area contributed by atoms with Gasteiger partial charge in [-0.2, -0.15) is 0 Å². The third-order valence-corrected chi connectivity index (χ3v) is 4.76. The van der Waals surface area contributed by atoms with Crippen molar-refractivity contribution in [3.8, 4) is 11.5 Å². The van der Waals surface area contributed by atoms with Gasteiger partial charge in [0, 0.05) is 38.2 Å². The maximum Gasteiger partial charge on any atom is 0.295 e. The number of hydrogen-bond acceptors (Lipinski definition) is 7. The molecule has 8 heteroatoms. The van der Waals surface area contributed by atoms with Gasteiger partial charge in [-0.3, -0.25) is 14.6 Å². The van der Waals surface area contributed by atoms with E-state index < -0.39 is 17.7 Å².